The number of nitrogens with one attached hydrogen (secondary N) is 2. The number of hydrogen-bond donors (Lipinski definition) is 3. The Balaban J connectivity index is 2.42. The van der Waals surface area contributed by atoms with Gasteiger partial charge in [0.15, 0.2) is 0 Å². The van der Waals surface area contributed by atoms with Gasteiger partial charge in [0, 0.05) is 6.20 Å². The fourth-order valence-corrected chi connectivity index (χ4v) is 1.43. The van der Waals surface area contributed by atoms with Crippen molar-refractivity contribution >= 4 is 22.8 Å². The number of anilines is 1. The minimum absolute atomic E-state index is 0.540. The number of carboxylic acid groups (broad SMARTS) is 1. The van der Waals surface area contributed by atoms with Crippen molar-refractivity contribution in [2.24, 2.45) is 0 Å². The maximum atomic E-state index is 10.7. The fraction of sp³-hybridized carbons (Fsp3) is 0.300. The lowest BCUT2D eigenvalue weighted by Gasteiger charge is -2.10. The minimum atomic E-state index is -0.917. The van der Waals surface area contributed by atoms with Crippen LogP contribution in [-0.4, -0.2) is 32.1 Å². The van der Waals surface area contributed by atoms with E-state index in [2.05, 4.69) is 20.3 Å². The Hall–Kier alpha value is -2.11. The van der Waals surface area contributed by atoms with Gasteiger partial charge in [0.1, 0.15) is 23.3 Å². The lowest BCUT2D eigenvalue weighted by molar-refractivity contribution is -0.137. The number of aromatic nitrogens is 3. The number of H-pyrrole nitrogens is 1. The predicted octanol–water partition coefficient (Wildman–Crippen LogP) is 1.15. The van der Waals surface area contributed by atoms with E-state index in [1.165, 1.54) is 0 Å². The molecule has 0 aliphatic carbocycles. The first-order valence-corrected chi connectivity index (χ1v) is 4.89. The SMILES string of the molecule is Cc1nc(N[C@H](C)C(=O)O)c2cc[nH]c2n1. The van der Waals surface area contributed by atoms with Crippen LogP contribution in [0.1, 0.15) is 12.7 Å². The summed E-state index contributed by atoms with van der Waals surface area (Å²) in [6, 6.07) is 1.12. The smallest absolute Gasteiger partial charge is 0.325 e. The van der Waals surface area contributed by atoms with Crippen molar-refractivity contribution in [3.63, 3.8) is 0 Å². The number of fused-ring (bicyclic) bond motifs is 1. The Morgan fingerprint density at radius 3 is 3.00 bits per heavy atom. The molecule has 6 nitrogen and oxygen atoms in total. The molecule has 16 heavy (non-hydrogen) atoms. The second kappa shape index (κ2) is 3.80. The van der Waals surface area contributed by atoms with E-state index in [0.717, 1.165) is 5.39 Å². The van der Waals surface area contributed by atoms with Gasteiger partial charge in [-0.3, -0.25) is 4.79 Å². The first-order chi connectivity index (χ1) is 7.58. The second-order valence-corrected chi connectivity index (χ2v) is 3.56. The van der Waals surface area contributed by atoms with Crippen molar-refractivity contribution in [2.45, 2.75) is 19.9 Å². The number of aryl methyl sites for hydroxylation is 1. The quantitative estimate of drug-likeness (QED) is 0.721. The van der Waals surface area contributed by atoms with E-state index in [9.17, 15) is 4.79 Å². The standard InChI is InChI=1S/C10H12N4O2/c1-5(10(15)16)12-9-7-3-4-11-8(7)13-6(2)14-9/h3-5H,1-2H3,(H,15,16)(H2,11,12,13,14)/t5-/m1/s1. The zero-order valence-electron chi connectivity index (χ0n) is 8.98. The first kappa shape index (κ1) is 10.4. The molecular formula is C10H12N4O2. The van der Waals surface area contributed by atoms with Crippen molar-refractivity contribution in [3.05, 3.63) is 18.1 Å². The summed E-state index contributed by atoms with van der Waals surface area (Å²) in [5, 5.41) is 12.5. The average Bonchev–Trinajstić information content (AvgIpc) is 2.65. The molecule has 0 fully saturated rings. The maximum Gasteiger partial charge on any atom is 0.325 e. The van der Waals surface area contributed by atoms with Crippen LogP contribution >= 0.6 is 0 Å². The van der Waals surface area contributed by atoms with Crippen molar-refractivity contribution in [3.8, 4) is 0 Å². The van der Waals surface area contributed by atoms with Gasteiger partial charge >= 0.3 is 5.97 Å². The Morgan fingerprint density at radius 2 is 2.31 bits per heavy atom. The molecule has 0 saturated heterocycles. The summed E-state index contributed by atoms with van der Waals surface area (Å²) in [6.45, 7) is 3.33. The third kappa shape index (κ3) is 1.81. The topological polar surface area (TPSA) is 90.9 Å². The minimum Gasteiger partial charge on any atom is -0.480 e. The van der Waals surface area contributed by atoms with Crippen LogP contribution < -0.4 is 5.32 Å². The first-order valence-electron chi connectivity index (χ1n) is 4.89. The van der Waals surface area contributed by atoms with E-state index in [1.54, 1.807) is 20.0 Å². The summed E-state index contributed by atoms with van der Waals surface area (Å²) < 4.78 is 0. The summed E-state index contributed by atoms with van der Waals surface area (Å²) in [5.74, 6) is 0.216. The molecule has 2 rings (SSSR count). The van der Waals surface area contributed by atoms with Crippen LogP contribution in [0.25, 0.3) is 11.0 Å². The molecule has 0 aliphatic heterocycles. The van der Waals surface area contributed by atoms with Gasteiger partial charge in [0.25, 0.3) is 0 Å². The number of nitrogens with zero attached hydrogens (tertiary/aromatic N) is 2. The normalized spacial score (nSPS) is 12.6. The number of carbonyl (C=O) groups is 1. The molecule has 6 heteroatoms. The molecule has 2 aromatic heterocycles. The number of aromatic amines is 1. The van der Waals surface area contributed by atoms with E-state index >= 15 is 0 Å². The number of carboxylic acids is 1. The molecule has 0 unspecified atom stereocenters. The monoisotopic (exact) mass is 220 g/mol. The predicted molar refractivity (Wildman–Crippen MR) is 59.3 cm³/mol. The van der Waals surface area contributed by atoms with Crippen molar-refractivity contribution in [1.82, 2.24) is 15.0 Å². The highest BCUT2D eigenvalue weighted by Gasteiger charge is 2.14. The molecular weight excluding hydrogens is 208 g/mol. The van der Waals surface area contributed by atoms with Crippen LogP contribution in [-0.2, 0) is 4.79 Å². The van der Waals surface area contributed by atoms with E-state index in [0.29, 0.717) is 17.3 Å². The summed E-state index contributed by atoms with van der Waals surface area (Å²) in [6.07, 6.45) is 1.75. The molecule has 0 spiro atoms. The molecule has 0 amide bonds. The van der Waals surface area contributed by atoms with Crippen molar-refractivity contribution in [2.75, 3.05) is 5.32 Å². The van der Waals surface area contributed by atoms with E-state index < -0.39 is 12.0 Å². The van der Waals surface area contributed by atoms with Gasteiger partial charge < -0.3 is 15.4 Å². The molecule has 0 bridgehead atoms. The Bertz CT molecular complexity index is 535. The summed E-state index contributed by atoms with van der Waals surface area (Å²) >= 11 is 0. The summed E-state index contributed by atoms with van der Waals surface area (Å²) in [7, 11) is 0. The highest BCUT2D eigenvalue weighted by atomic mass is 16.4. The van der Waals surface area contributed by atoms with Gasteiger partial charge in [0.05, 0.1) is 5.39 Å². The molecule has 2 heterocycles. The Labute approximate surface area is 91.7 Å². The van der Waals surface area contributed by atoms with E-state index in [1.807, 2.05) is 6.07 Å². The Kier molecular flexibility index (Phi) is 2.47. The molecule has 0 aliphatic rings. The van der Waals surface area contributed by atoms with Gasteiger partial charge in [-0.05, 0) is 19.9 Å². The van der Waals surface area contributed by atoms with E-state index in [-0.39, 0.29) is 0 Å². The number of rotatable bonds is 3. The van der Waals surface area contributed by atoms with Gasteiger partial charge in [0.2, 0.25) is 0 Å². The zero-order chi connectivity index (χ0) is 11.7. The summed E-state index contributed by atoms with van der Waals surface area (Å²) in [4.78, 5) is 22.1. The van der Waals surface area contributed by atoms with Crippen LogP contribution in [0.2, 0.25) is 0 Å². The van der Waals surface area contributed by atoms with Crippen molar-refractivity contribution in [1.29, 1.82) is 0 Å². The van der Waals surface area contributed by atoms with Crippen LogP contribution in [0.5, 0.6) is 0 Å². The lowest BCUT2D eigenvalue weighted by atomic mass is 10.3. The van der Waals surface area contributed by atoms with Crippen LogP contribution in [0.3, 0.4) is 0 Å². The van der Waals surface area contributed by atoms with E-state index in [4.69, 9.17) is 5.11 Å². The van der Waals surface area contributed by atoms with Gasteiger partial charge in [-0.1, -0.05) is 0 Å². The second-order valence-electron chi connectivity index (χ2n) is 3.56. The van der Waals surface area contributed by atoms with Crippen LogP contribution in [0, 0.1) is 6.92 Å². The molecule has 84 valence electrons. The molecule has 0 radical (unpaired) electrons. The fourth-order valence-electron chi connectivity index (χ4n) is 1.43. The Morgan fingerprint density at radius 1 is 1.56 bits per heavy atom. The third-order valence-corrected chi connectivity index (χ3v) is 2.25. The largest absolute Gasteiger partial charge is 0.480 e. The highest BCUT2D eigenvalue weighted by molar-refractivity contribution is 5.89. The van der Waals surface area contributed by atoms with Gasteiger partial charge in [-0.15, -0.1) is 0 Å². The van der Waals surface area contributed by atoms with Gasteiger partial charge in [-0.25, -0.2) is 9.97 Å². The third-order valence-electron chi connectivity index (χ3n) is 2.25. The van der Waals surface area contributed by atoms with Crippen LogP contribution in [0.4, 0.5) is 5.82 Å². The maximum absolute atomic E-state index is 10.7. The molecule has 0 saturated carbocycles. The molecule has 3 N–H and O–H groups in total. The molecule has 2 aromatic rings. The van der Waals surface area contributed by atoms with Gasteiger partial charge in [-0.2, -0.15) is 0 Å². The lowest BCUT2D eigenvalue weighted by Crippen LogP contribution is -2.26. The number of hydrogen-bond acceptors (Lipinski definition) is 4. The highest BCUT2D eigenvalue weighted by Crippen LogP contribution is 2.19. The molecule has 0 aromatic carbocycles. The molecule has 1 atom stereocenters. The number of aliphatic carboxylic acids is 1. The summed E-state index contributed by atoms with van der Waals surface area (Å²) in [5.41, 5.74) is 0.701. The van der Waals surface area contributed by atoms with Crippen molar-refractivity contribution < 1.29 is 9.90 Å². The average molecular weight is 220 g/mol. The van der Waals surface area contributed by atoms with Crippen LogP contribution in [0.15, 0.2) is 12.3 Å². The zero-order valence-corrected chi connectivity index (χ0v) is 8.98.